The highest BCUT2D eigenvalue weighted by Gasteiger charge is 2.35. The number of para-hydroxylation sites is 1. The molecule has 1 aliphatic rings. The van der Waals surface area contributed by atoms with Crippen LogP contribution in [0.25, 0.3) is 0 Å². The lowest BCUT2D eigenvalue weighted by Gasteiger charge is -2.31. The molecule has 0 aromatic heterocycles. The van der Waals surface area contributed by atoms with E-state index in [-0.39, 0.29) is 0 Å². The molecule has 0 aliphatic carbocycles. The molecule has 1 atom stereocenters. The topological polar surface area (TPSA) is 74.7 Å². The number of aryl methyl sites for hydroxylation is 1. The number of nitrogens with zero attached hydrogens (tertiary/aromatic N) is 1. The van der Waals surface area contributed by atoms with Crippen molar-refractivity contribution >= 4 is 21.7 Å². The Hall–Kier alpha value is -1.56. The summed E-state index contributed by atoms with van der Waals surface area (Å²) in [6.45, 7) is 1.55. The first-order valence-corrected chi connectivity index (χ1v) is 7.27. The lowest BCUT2D eigenvalue weighted by molar-refractivity contribution is -0.136. The molecule has 0 saturated heterocycles. The summed E-state index contributed by atoms with van der Waals surface area (Å²) in [5.74, 6) is -1.32. The van der Waals surface area contributed by atoms with Crippen LogP contribution in [0.3, 0.4) is 0 Å². The predicted molar refractivity (Wildman–Crippen MR) is 68.1 cm³/mol. The van der Waals surface area contributed by atoms with E-state index in [2.05, 4.69) is 0 Å². The van der Waals surface area contributed by atoms with Gasteiger partial charge in [0.25, 0.3) is 0 Å². The summed E-state index contributed by atoms with van der Waals surface area (Å²) in [6, 6.07) is 7.22. The number of benzene rings is 1. The van der Waals surface area contributed by atoms with Crippen LogP contribution in [0.15, 0.2) is 24.3 Å². The number of rotatable bonds is 3. The largest absolute Gasteiger partial charge is 0.480 e. The summed E-state index contributed by atoms with van der Waals surface area (Å²) < 4.78 is 25.7. The maximum absolute atomic E-state index is 12.2. The molecule has 1 aliphatic heterocycles. The third kappa shape index (κ3) is 2.08. The number of anilines is 1. The average molecular weight is 269 g/mol. The minimum Gasteiger partial charge on any atom is -0.480 e. The van der Waals surface area contributed by atoms with Crippen molar-refractivity contribution in [3.05, 3.63) is 29.8 Å². The third-order valence-electron chi connectivity index (χ3n) is 3.17. The normalized spacial score (nSPS) is 17.1. The van der Waals surface area contributed by atoms with Gasteiger partial charge in [-0.15, -0.1) is 0 Å². The number of sulfonamides is 1. The number of hydrogen-bond donors (Lipinski definition) is 1. The molecule has 1 N–H and O–H groups in total. The van der Waals surface area contributed by atoms with Gasteiger partial charge in [-0.2, -0.15) is 0 Å². The third-order valence-corrected chi connectivity index (χ3v) is 5.26. The van der Waals surface area contributed by atoms with Crippen LogP contribution in [0.2, 0.25) is 0 Å². The Balaban J connectivity index is 2.45. The van der Waals surface area contributed by atoms with Crippen molar-refractivity contribution < 1.29 is 18.3 Å². The molecule has 98 valence electrons. The van der Waals surface area contributed by atoms with Crippen LogP contribution in [0, 0.1) is 0 Å². The second-order valence-electron chi connectivity index (χ2n) is 4.33. The van der Waals surface area contributed by atoms with Crippen LogP contribution >= 0.6 is 0 Å². The van der Waals surface area contributed by atoms with E-state index in [1.165, 1.54) is 11.2 Å². The highest BCUT2D eigenvalue weighted by atomic mass is 32.2. The van der Waals surface area contributed by atoms with Gasteiger partial charge in [0.05, 0.1) is 5.69 Å². The predicted octanol–water partition coefficient (Wildman–Crippen LogP) is 1.24. The zero-order valence-electron chi connectivity index (χ0n) is 10.0. The first kappa shape index (κ1) is 12.9. The Labute approximate surface area is 106 Å². The number of carboxylic acid groups (broad SMARTS) is 1. The Morgan fingerprint density at radius 1 is 1.39 bits per heavy atom. The van der Waals surface area contributed by atoms with Gasteiger partial charge in [-0.3, -0.25) is 9.10 Å². The highest BCUT2D eigenvalue weighted by Crippen LogP contribution is 2.30. The first-order valence-electron chi connectivity index (χ1n) is 5.77. The highest BCUT2D eigenvalue weighted by molar-refractivity contribution is 7.94. The summed E-state index contributed by atoms with van der Waals surface area (Å²) >= 11 is 0. The minimum atomic E-state index is -3.84. The number of aliphatic carboxylic acids is 1. The molecule has 6 heteroatoms. The van der Waals surface area contributed by atoms with E-state index in [0.29, 0.717) is 18.7 Å². The zero-order valence-corrected chi connectivity index (χ0v) is 10.9. The van der Waals surface area contributed by atoms with E-state index in [4.69, 9.17) is 5.11 Å². The van der Waals surface area contributed by atoms with Crippen molar-refractivity contribution in [2.45, 2.75) is 25.0 Å². The van der Waals surface area contributed by atoms with E-state index in [0.717, 1.165) is 12.0 Å². The summed E-state index contributed by atoms with van der Waals surface area (Å²) in [4.78, 5) is 10.9. The number of carbonyl (C=O) groups is 1. The van der Waals surface area contributed by atoms with Gasteiger partial charge >= 0.3 is 5.97 Å². The van der Waals surface area contributed by atoms with Gasteiger partial charge < -0.3 is 5.11 Å². The van der Waals surface area contributed by atoms with Gasteiger partial charge in [-0.05, 0) is 31.4 Å². The molecule has 1 aromatic carbocycles. The van der Waals surface area contributed by atoms with E-state index < -0.39 is 21.2 Å². The van der Waals surface area contributed by atoms with Gasteiger partial charge in [0, 0.05) is 6.54 Å². The fourth-order valence-corrected chi connectivity index (χ4v) is 3.55. The van der Waals surface area contributed by atoms with Crippen molar-refractivity contribution in [1.29, 1.82) is 0 Å². The summed E-state index contributed by atoms with van der Waals surface area (Å²) in [7, 11) is -3.84. The number of hydrogen-bond acceptors (Lipinski definition) is 3. The molecule has 5 nitrogen and oxygen atoms in total. The van der Waals surface area contributed by atoms with E-state index in [1.54, 1.807) is 12.1 Å². The molecule has 1 heterocycles. The Kier molecular flexibility index (Phi) is 3.30. The van der Waals surface area contributed by atoms with Gasteiger partial charge in [-0.1, -0.05) is 18.2 Å². The number of fused-ring (bicyclic) bond motifs is 1. The van der Waals surface area contributed by atoms with Crippen LogP contribution in [0.5, 0.6) is 0 Å². The molecule has 2 rings (SSSR count). The molecule has 1 aromatic rings. The lowest BCUT2D eigenvalue weighted by atomic mass is 10.0. The number of carboxylic acids is 1. The maximum Gasteiger partial charge on any atom is 0.323 e. The average Bonchev–Trinajstić information content (AvgIpc) is 2.36. The van der Waals surface area contributed by atoms with E-state index in [1.807, 2.05) is 12.1 Å². The van der Waals surface area contributed by atoms with Crippen molar-refractivity contribution in [3.63, 3.8) is 0 Å². The Morgan fingerprint density at radius 2 is 2.06 bits per heavy atom. The lowest BCUT2D eigenvalue weighted by Crippen LogP contribution is -2.43. The van der Waals surface area contributed by atoms with Crippen molar-refractivity contribution in [1.82, 2.24) is 0 Å². The van der Waals surface area contributed by atoms with Crippen LogP contribution in [-0.4, -0.2) is 31.3 Å². The molecule has 0 fully saturated rings. The van der Waals surface area contributed by atoms with Crippen LogP contribution in [0.1, 0.15) is 18.9 Å². The molecule has 18 heavy (non-hydrogen) atoms. The van der Waals surface area contributed by atoms with Gasteiger partial charge in [0.1, 0.15) is 0 Å². The van der Waals surface area contributed by atoms with Crippen molar-refractivity contribution in [3.8, 4) is 0 Å². The molecule has 0 bridgehead atoms. The smallest absolute Gasteiger partial charge is 0.323 e. The summed E-state index contributed by atoms with van der Waals surface area (Å²) in [6.07, 6.45) is 1.53. The van der Waals surface area contributed by atoms with Crippen LogP contribution in [-0.2, 0) is 21.2 Å². The van der Waals surface area contributed by atoms with Gasteiger partial charge in [0.15, 0.2) is 5.25 Å². The minimum absolute atomic E-state index is 0.344. The van der Waals surface area contributed by atoms with Crippen molar-refractivity contribution in [2.75, 3.05) is 10.8 Å². The van der Waals surface area contributed by atoms with Gasteiger partial charge in [0.2, 0.25) is 10.0 Å². The zero-order chi connectivity index (χ0) is 13.3. The standard InChI is InChI=1S/C12H15NO4S/c1-9(12(14)15)18(16,17)13-8-4-6-10-5-2-3-7-11(10)13/h2-3,5,7,9H,4,6,8H2,1H3,(H,14,15). The monoisotopic (exact) mass is 269 g/mol. The van der Waals surface area contributed by atoms with E-state index in [9.17, 15) is 13.2 Å². The van der Waals surface area contributed by atoms with E-state index >= 15 is 0 Å². The molecule has 0 amide bonds. The summed E-state index contributed by atoms with van der Waals surface area (Å²) in [5, 5.41) is 7.46. The quantitative estimate of drug-likeness (QED) is 0.896. The molecular formula is C12H15NO4S. The van der Waals surface area contributed by atoms with Gasteiger partial charge in [-0.25, -0.2) is 8.42 Å². The fraction of sp³-hybridized carbons (Fsp3) is 0.417. The molecular weight excluding hydrogens is 254 g/mol. The molecule has 0 spiro atoms. The van der Waals surface area contributed by atoms with Crippen LogP contribution in [0.4, 0.5) is 5.69 Å². The van der Waals surface area contributed by atoms with Crippen LogP contribution < -0.4 is 4.31 Å². The Bertz CT molecular complexity index is 567. The SMILES string of the molecule is CC(C(=O)O)S(=O)(=O)N1CCCc2ccccc21. The Morgan fingerprint density at radius 3 is 2.72 bits per heavy atom. The fourth-order valence-electron chi connectivity index (χ4n) is 2.08. The summed E-state index contributed by atoms with van der Waals surface area (Å²) in [5.41, 5.74) is 1.56. The molecule has 0 radical (unpaired) electrons. The molecule has 1 unspecified atom stereocenters. The van der Waals surface area contributed by atoms with Crippen molar-refractivity contribution in [2.24, 2.45) is 0 Å². The second-order valence-corrected chi connectivity index (χ2v) is 6.51. The molecule has 0 saturated carbocycles. The maximum atomic E-state index is 12.2. The first-order chi connectivity index (χ1) is 8.44. The second kappa shape index (κ2) is 4.61.